The zero-order valence-corrected chi connectivity index (χ0v) is 24.1. The topological polar surface area (TPSA) is 95.5 Å². The van der Waals surface area contributed by atoms with Crippen LogP contribution in [0.3, 0.4) is 0 Å². The Morgan fingerprint density at radius 1 is 1.00 bits per heavy atom. The summed E-state index contributed by atoms with van der Waals surface area (Å²) in [5.74, 6) is -0.835. The molecule has 37 heavy (non-hydrogen) atoms. The van der Waals surface area contributed by atoms with Crippen molar-refractivity contribution in [1.82, 2.24) is 10.6 Å². The van der Waals surface area contributed by atoms with E-state index in [0.29, 0.717) is 30.6 Å². The molecule has 7 heteroatoms. The average molecular weight is 527 g/mol. The molecule has 0 aliphatic heterocycles. The lowest BCUT2D eigenvalue weighted by Gasteiger charge is -2.33. The van der Waals surface area contributed by atoms with Gasteiger partial charge in [-0.25, -0.2) is 4.79 Å². The van der Waals surface area contributed by atoms with Gasteiger partial charge in [0, 0.05) is 17.5 Å². The van der Waals surface area contributed by atoms with Crippen LogP contribution in [0, 0.1) is 12.3 Å². The van der Waals surface area contributed by atoms with Crippen molar-refractivity contribution >= 4 is 29.5 Å². The van der Waals surface area contributed by atoms with E-state index in [1.165, 1.54) is 0 Å². The minimum absolute atomic E-state index is 0.00777. The summed E-state index contributed by atoms with van der Waals surface area (Å²) in [6.45, 7) is 12.5. The standard InChI is InChI=1S/C30H42N2O4S/c1-20-10-8-9-11-22(20)24-18-21(13-15-26(33)32-30(5,6)19-29(2,3)4)12-14-23(24)27(34)31-25(28(35)36)16-17-37-7/h8-12,14,18,25H,13,15-17,19H2,1-7H3,(H,31,34)(H,32,33)(H,35,36)/t25-/m0/s1. The normalized spacial score (nSPS) is 12.6. The number of aryl methyl sites for hydroxylation is 2. The van der Waals surface area contributed by atoms with Crippen LogP contribution in [0.25, 0.3) is 11.1 Å². The Labute approximate surface area is 226 Å². The average Bonchev–Trinajstić information content (AvgIpc) is 2.78. The van der Waals surface area contributed by atoms with Gasteiger partial charge in [0.05, 0.1) is 0 Å². The lowest BCUT2D eigenvalue weighted by atomic mass is 9.81. The second kappa shape index (κ2) is 13.1. The minimum Gasteiger partial charge on any atom is -0.480 e. The molecular formula is C30H42N2O4S. The van der Waals surface area contributed by atoms with E-state index >= 15 is 0 Å². The molecule has 0 radical (unpaired) electrons. The van der Waals surface area contributed by atoms with E-state index in [4.69, 9.17) is 0 Å². The molecule has 0 spiro atoms. The Hall–Kier alpha value is -2.80. The number of carboxylic acids is 1. The molecule has 0 aromatic heterocycles. The van der Waals surface area contributed by atoms with Crippen molar-refractivity contribution in [3.05, 3.63) is 59.2 Å². The molecule has 2 aromatic rings. The molecule has 0 aliphatic rings. The van der Waals surface area contributed by atoms with Gasteiger partial charge in [0.2, 0.25) is 5.91 Å². The Morgan fingerprint density at radius 2 is 1.68 bits per heavy atom. The number of amides is 2. The highest BCUT2D eigenvalue weighted by Gasteiger charge is 2.27. The second-order valence-corrected chi connectivity index (χ2v) is 12.5. The molecule has 2 aromatic carbocycles. The third-order valence-electron chi connectivity index (χ3n) is 6.07. The molecule has 0 saturated heterocycles. The van der Waals surface area contributed by atoms with E-state index in [2.05, 4.69) is 31.4 Å². The van der Waals surface area contributed by atoms with Crippen molar-refractivity contribution in [1.29, 1.82) is 0 Å². The highest BCUT2D eigenvalue weighted by molar-refractivity contribution is 7.98. The summed E-state index contributed by atoms with van der Waals surface area (Å²) in [4.78, 5) is 37.7. The van der Waals surface area contributed by atoms with Gasteiger partial charge in [-0.05, 0) is 85.8 Å². The van der Waals surface area contributed by atoms with Gasteiger partial charge in [-0.1, -0.05) is 57.2 Å². The Kier molecular flexibility index (Phi) is 10.8. The molecule has 0 unspecified atom stereocenters. The van der Waals surface area contributed by atoms with Gasteiger partial charge in [0.1, 0.15) is 6.04 Å². The molecule has 3 N–H and O–H groups in total. The molecule has 0 saturated carbocycles. The van der Waals surface area contributed by atoms with E-state index in [-0.39, 0.29) is 16.9 Å². The molecule has 202 valence electrons. The summed E-state index contributed by atoms with van der Waals surface area (Å²) in [6.07, 6.45) is 3.98. The van der Waals surface area contributed by atoms with E-state index in [9.17, 15) is 19.5 Å². The Balaban J connectivity index is 2.28. The second-order valence-electron chi connectivity index (χ2n) is 11.5. The van der Waals surface area contributed by atoms with Gasteiger partial charge in [-0.3, -0.25) is 9.59 Å². The zero-order chi connectivity index (χ0) is 27.8. The van der Waals surface area contributed by atoms with Gasteiger partial charge in [-0.15, -0.1) is 0 Å². The largest absolute Gasteiger partial charge is 0.480 e. The fourth-order valence-electron chi connectivity index (χ4n) is 4.84. The van der Waals surface area contributed by atoms with Crippen LogP contribution in [-0.4, -0.2) is 46.5 Å². The van der Waals surface area contributed by atoms with Gasteiger partial charge >= 0.3 is 5.97 Å². The smallest absolute Gasteiger partial charge is 0.326 e. The fraction of sp³-hybridized carbons (Fsp3) is 0.500. The summed E-state index contributed by atoms with van der Waals surface area (Å²) >= 11 is 1.54. The quantitative estimate of drug-likeness (QED) is 0.322. The summed E-state index contributed by atoms with van der Waals surface area (Å²) in [5.41, 5.74) is 3.80. The maximum atomic E-state index is 13.2. The summed E-state index contributed by atoms with van der Waals surface area (Å²) in [5, 5.41) is 15.4. The minimum atomic E-state index is -1.04. The first-order valence-corrected chi connectivity index (χ1v) is 14.1. The van der Waals surface area contributed by atoms with Gasteiger partial charge in [-0.2, -0.15) is 11.8 Å². The summed E-state index contributed by atoms with van der Waals surface area (Å²) in [7, 11) is 0. The van der Waals surface area contributed by atoms with E-state index in [1.54, 1.807) is 17.8 Å². The van der Waals surface area contributed by atoms with Crippen LogP contribution in [0.4, 0.5) is 0 Å². The number of hydrogen-bond donors (Lipinski definition) is 3. The molecule has 0 heterocycles. The van der Waals surface area contributed by atoms with Gasteiger partial charge in [0.15, 0.2) is 0 Å². The fourth-order valence-corrected chi connectivity index (χ4v) is 5.31. The number of hydrogen-bond acceptors (Lipinski definition) is 4. The van der Waals surface area contributed by atoms with Crippen molar-refractivity contribution in [2.45, 2.75) is 78.8 Å². The number of nitrogens with one attached hydrogen (secondary N) is 2. The molecular weight excluding hydrogens is 484 g/mol. The lowest BCUT2D eigenvalue weighted by Crippen LogP contribution is -2.45. The number of carbonyl (C=O) groups excluding carboxylic acids is 2. The number of rotatable bonds is 12. The number of benzene rings is 2. The highest BCUT2D eigenvalue weighted by Crippen LogP contribution is 2.29. The molecule has 6 nitrogen and oxygen atoms in total. The SMILES string of the molecule is CSCC[C@H](NC(=O)c1ccc(CCC(=O)NC(C)(C)CC(C)(C)C)cc1-c1ccccc1C)C(=O)O. The van der Waals surface area contributed by atoms with Crippen LogP contribution in [0.2, 0.25) is 0 Å². The van der Waals surface area contributed by atoms with Crippen LogP contribution in [0.1, 0.15) is 75.4 Å². The number of aliphatic carboxylic acids is 1. The van der Waals surface area contributed by atoms with Crippen molar-refractivity contribution in [3.8, 4) is 11.1 Å². The Bertz CT molecular complexity index is 1110. The maximum Gasteiger partial charge on any atom is 0.326 e. The van der Waals surface area contributed by atoms with Crippen molar-refractivity contribution < 1.29 is 19.5 Å². The predicted octanol–water partition coefficient (Wildman–Crippen LogP) is 5.86. The lowest BCUT2D eigenvalue weighted by molar-refractivity contribution is -0.139. The van der Waals surface area contributed by atoms with E-state index < -0.39 is 17.9 Å². The van der Waals surface area contributed by atoms with Crippen molar-refractivity contribution in [2.75, 3.05) is 12.0 Å². The Morgan fingerprint density at radius 3 is 2.27 bits per heavy atom. The number of thioether (sulfide) groups is 1. The zero-order valence-electron chi connectivity index (χ0n) is 23.2. The maximum absolute atomic E-state index is 13.2. The van der Waals surface area contributed by atoms with Crippen molar-refractivity contribution in [2.24, 2.45) is 5.41 Å². The number of carbonyl (C=O) groups is 3. The van der Waals surface area contributed by atoms with Crippen LogP contribution in [0.15, 0.2) is 42.5 Å². The third-order valence-corrected chi connectivity index (χ3v) is 6.71. The molecule has 0 aliphatic carbocycles. The third kappa shape index (κ3) is 9.88. The highest BCUT2D eigenvalue weighted by atomic mass is 32.2. The monoisotopic (exact) mass is 526 g/mol. The van der Waals surface area contributed by atoms with Crippen LogP contribution >= 0.6 is 11.8 Å². The molecule has 0 bridgehead atoms. The summed E-state index contributed by atoms with van der Waals surface area (Å²) < 4.78 is 0. The van der Waals surface area contributed by atoms with E-state index in [1.807, 2.05) is 63.4 Å². The molecule has 1 atom stereocenters. The van der Waals surface area contributed by atoms with Crippen LogP contribution in [-0.2, 0) is 16.0 Å². The molecule has 2 rings (SSSR count). The van der Waals surface area contributed by atoms with Crippen LogP contribution < -0.4 is 10.6 Å². The first-order valence-electron chi connectivity index (χ1n) is 12.7. The number of carboxylic acid groups (broad SMARTS) is 1. The van der Waals surface area contributed by atoms with Crippen LogP contribution in [0.5, 0.6) is 0 Å². The van der Waals surface area contributed by atoms with Gasteiger partial charge in [0.25, 0.3) is 5.91 Å². The first kappa shape index (κ1) is 30.4. The molecule has 2 amide bonds. The van der Waals surface area contributed by atoms with Crippen molar-refractivity contribution in [3.63, 3.8) is 0 Å². The summed E-state index contributed by atoms with van der Waals surface area (Å²) in [6, 6.07) is 12.4. The first-order chi connectivity index (χ1) is 17.2. The predicted molar refractivity (Wildman–Crippen MR) is 153 cm³/mol. The molecule has 0 fully saturated rings. The van der Waals surface area contributed by atoms with E-state index in [0.717, 1.165) is 28.7 Å². The van der Waals surface area contributed by atoms with Gasteiger partial charge < -0.3 is 15.7 Å².